The fourth-order valence-corrected chi connectivity index (χ4v) is 3.25. The third-order valence-electron chi connectivity index (χ3n) is 2.76. The Morgan fingerprint density at radius 3 is 2.32 bits per heavy atom. The molecule has 0 radical (unpaired) electrons. The highest BCUT2D eigenvalue weighted by atomic mass is 32.2. The summed E-state index contributed by atoms with van der Waals surface area (Å²) >= 11 is 0. The molecule has 0 spiro atoms. The average molecular weight is 324 g/mol. The number of rotatable bonds is 7. The van der Waals surface area contributed by atoms with Gasteiger partial charge in [0.1, 0.15) is 0 Å². The number of benzene rings is 1. The molecule has 22 heavy (non-hydrogen) atoms. The van der Waals surface area contributed by atoms with Crippen molar-refractivity contribution in [2.75, 3.05) is 6.54 Å². The molecular formula is C16H24N2O3S. The molecule has 6 heteroatoms. The Balaban J connectivity index is 2.67. The Kier molecular flexibility index (Phi) is 6.32. The monoisotopic (exact) mass is 324 g/mol. The van der Waals surface area contributed by atoms with Crippen LogP contribution >= 0.6 is 0 Å². The second kappa shape index (κ2) is 7.56. The first-order valence-corrected chi connectivity index (χ1v) is 8.63. The van der Waals surface area contributed by atoms with Crippen molar-refractivity contribution < 1.29 is 13.2 Å². The van der Waals surface area contributed by atoms with Crippen molar-refractivity contribution in [1.29, 1.82) is 0 Å². The Hall–Kier alpha value is -1.66. The number of hydrogen-bond donors (Lipinski definition) is 2. The van der Waals surface area contributed by atoms with Crippen molar-refractivity contribution in [3.63, 3.8) is 0 Å². The molecule has 2 N–H and O–H groups in total. The molecule has 0 bridgehead atoms. The zero-order valence-corrected chi connectivity index (χ0v) is 14.2. The zero-order valence-electron chi connectivity index (χ0n) is 13.3. The third kappa shape index (κ3) is 6.41. The van der Waals surface area contributed by atoms with Crippen molar-refractivity contribution in [2.45, 2.75) is 44.0 Å². The molecule has 0 aromatic heterocycles. The van der Waals surface area contributed by atoms with Crippen LogP contribution in [0.5, 0.6) is 0 Å². The van der Waals surface area contributed by atoms with E-state index in [-0.39, 0.29) is 10.8 Å². The van der Waals surface area contributed by atoms with Gasteiger partial charge in [0.05, 0.1) is 4.90 Å². The van der Waals surface area contributed by atoms with Crippen LogP contribution in [0.3, 0.4) is 0 Å². The molecule has 0 aliphatic heterocycles. The number of aryl methyl sites for hydroxylation is 1. The maximum atomic E-state index is 12.2. The van der Waals surface area contributed by atoms with Crippen molar-refractivity contribution in [1.82, 2.24) is 10.0 Å². The second-order valence-electron chi connectivity index (χ2n) is 6.09. The van der Waals surface area contributed by atoms with Crippen molar-refractivity contribution in [2.24, 2.45) is 0 Å². The summed E-state index contributed by atoms with van der Waals surface area (Å²) in [5, 5.41) is 2.70. The molecule has 0 fully saturated rings. The van der Waals surface area contributed by atoms with Crippen LogP contribution in [-0.2, 0) is 21.2 Å². The van der Waals surface area contributed by atoms with E-state index in [4.69, 9.17) is 0 Å². The summed E-state index contributed by atoms with van der Waals surface area (Å²) in [5.41, 5.74) is 0.393. The van der Waals surface area contributed by atoms with Gasteiger partial charge in [-0.2, -0.15) is 0 Å². The molecule has 0 aliphatic rings. The molecule has 1 rings (SSSR count). The molecule has 0 aliphatic carbocycles. The number of carbonyl (C=O) groups is 1. The summed E-state index contributed by atoms with van der Waals surface area (Å²) in [6, 6.07) is 6.59. The molecule has 1 aromatic carbocycles. The predicted octanol–water partition coefficient (Wildman–Crippen LogP) is 2.00. The van der Waals surface area contributed by atoms with Gasteiger partial charge in [0.15, 0.2) is 0 Å². The maximum Gasteiger partial charge on any atom is 0.241 e. The SMILES string of the molecule is C=CCNC(=O)CCc1ccc(S(=O)(=O)NC(C)(C)C)cc1. The Bertz CT molecular complexity index is 614. The molecule has 1 aromatic rings. The first-order valence-electron chi connectivity index (χ1n) is 7.14. The molecule has 0 saturated carbocycles. The van der Waals surface area contributed by atoms with Gasteiger partial charge in [-0.25, -0.2) is 13.1 Å². The Morgan fingerprint density at radius 2 is 1.82 bits per heavy atom. The average Bonchev–Trinajstić information content (AvgIpc) is 2.40. The predicted molar refractivity (Wildman–Crippen MR) is 88.0 cm³/mol. The van der Waals surface area contributed by atoms with Crippen LogP contribution in [0.4, 0.5) is 0 Å². The topological polar surface area (TPSA) is 75.3 Å². The van der Waals surface area contributed by atoms with Gasteiger partial charge in [0.2, 0.25) is 15.9 Å². The number of hydrogen-bond acceptors (Lipinski definition) is 3. The fraction of sp³-hybridized carbons (Fsp3) is 0.438. The summed E-state index contributed by atoms with van der Waals surface area (Å²) in [7, 11) is -3.52. The summed E-state index contributed by atoms with van der Waals surface area (Å²) in [4.78, 5) is 11.7. The largest absolute Gasteiger partial charge is 0.353 e. The standard InChI is InChI=1S/C16H24N2O3S/c1-5-12-17-15(19)11-8-13-6-9-14(10-7-13)22(20,21)18-16(2,3)4/h5-7,9-10,18H,1,8,11-12H2,2-4H3,(H,17,19). The number of amides is 1. The molecule has 0 saturated heterocycles. The highest BCUT2D eigenvalue weighted by molar-refractivity contribution is 7.89. The van der Waals surface area contributed by atoms with Gasteiger partial charge in [-0.15, -0.1) is 6.58 Å². The molecule has 1 amide bonds. The minimum absolute atomic E-state index is 0.0500. The van der Waals surface area contributed by atoms with Gasteiger partial charge >= 0.3 is 0 Å². The van der Waals surface area contributed by atoms with E-state index in [1.54, 1.807) is 51.1 Å². The Labute approximate surface area is 132 Å². The Morgan fingerprint density at radius 1 is 1.23 bits per heavy atom. The molecule has 0 atom stereocenters. The van der Waals surface area contributed by atoms with E-state index in [0.29, 0.717) is 19.4 Å². The van der Waals surface area contributed by atoms with Gasteiger partial charge < -0.3 is 5.32 Å². The lowest BCUT2D eigenvalue weighted by Gasteiger charge is -2.20. The van der Waals surface area contributed by atoms with E-state index in [0.717, 1.165) is 5.56 Å². The highest BCUT2D eigenvalue weighted by Crippen LogP contribution is 2.14. The lowest BCUT2D eigenvalue weighted by molar-refractivity contribution is -0.120. The van der Waals surface area contributed by atoms with E-state index in [9.17, 15) is 13.2 Å². The normalized spacial score (nSPS) is 12.0. The van der Waals surface area contributed by atoms with Gasteiger partial charge in [-0.3, -0.25) is 4.79 Å². The number of sulfonamides is 1. The molecule has 0 unspecified atom stereocenters. The van der Waals surface area contributed by atoms with Crippen molar-refractivity contribution in [3.8, 4) is 0 Å². The van der Waals surface area contributed by atoms with Gasteiger partial charge in [0, 0.05) is 18.5 Å². The lowest BCUT2D eigenvalue weighted by atomic mass is 10.1. The van der Waals surface area contributed by atoms with Crippen LogP contribution in [-0.4, -0.2) is 26.4 Å². The van der Waals surface area contributed by atoms with E-state index in [2.05, 4.69) is 16.6 Å². The lowest BCUT2D eigenvalue weighted by Crippen LogP contribution is -2.40. The van der Waals surface area contributed by atoms with E-state index in [1.807, 2.05) is 0 Å². The first-order chi connectivity index (χ1) is 10.1. The molecular weight excluding hydrogens is 300 g/mol. The summed E-state index contributed by atoms with van der Waals surface area (Å²) in [6.07, 6.45) is 2.55. The summed E-state index contributed by atoms with van der Waals surface area (Å²) in [6.45, 7) is 9.36. The molecule has 0 heterocycles. The van der Waals surface area contributed by atoms with Crippen LogP contribution in [0, 0.1) is 0 Å². The second-order valence-corrected chi connectivity index (χ2v) is 7.77. The molecule has 5 nitrogen and oxygen atoms in total. The van der Waals surface area contributed by atoms with E-state index >= 15 is 0 Å². The maximum absolute atomic E-state index is 12.2. The number of nitrogens with one attached hydrogen (secondary N) is 2. The van der Waals surface area contributed by atoms with Crippen LogP contribution in [0.25, 0.3) is 0 Å². The zero-order chi connectivity index (χ0) is 16.8. The highest BCUT2D eigenvalue weighted by Gasteiger charge is 2.21. The van der Waals surface area contributed by atoms with Crippen molar-refractivity contribution in [3.05, 3.63) is 42.5 Å². The quantitative estimate of drug-likeness (QED) is 0.753. The smallest absolute Gasteiger partial charge is 0.241 e. The third-order valence-corrected chi connectivity index (χ3v) is 4.53. The van der Waals surface area contributed by atoms with Gasteiger partial charge in [-0.05, 0) is 44.9 Å². The summed E-state index contributed by atoms with van der Waals surface area (Å²) in [5.74, 6) is -0.0500. The van der Waals surface area contributed by atoms with Gasteiger partial charge in [-0.1, -0.05) is 18.2 Å². The minimum atomic E-state index is -3.52. The first kappa shape index (κ1) is 18.4. The fourth-order valence-electron chi connectivity index (χ4n) is 1.83. The van der Waals surface area contributed by atoms with Crippen LogP contribution < -0.4 is 10.0 Å². The van der Waals surface area contributed by atoms with E-state index < -0.39 is 15.6 Å². The molecule has 122 valence electrons. The van der Waals surface area contributed by atoms with Crippen LogP contribution in [0.15, 0.2) is 41.8 Å². The summed E-state index contributed by atoms with van der Waals surface area (Å²) < 4.78 is 26.9. The van der Waals surface area contributed by atoms with Crippen LogP contribution in [0.2, 0.25) is 0 Å². The number of carbonyl (C=O) groups excluding carboxylic acids is 1. The van der Waals surface area contributed by atoms with E-state index in [1.165, 1.54) is 0 Å². The van der Waals surface area contributed by atoms with Crippen LogP contribution in [0.1, 0.15) is 32.8 Å². The minimum Gasteiger partial charge on any atom is -0.353 e. The van der Waals surface area contributed by atoms with Gasteiger partial charge in [0.25, 0.3) is 0 Å². The van der Waals surface area contributed by atoms with Crippen molar-refractivity contribution >= 4 is 15.9 Å².